The standard InChI is InChI=1S/C7H13N3/c8-6-10-5-7-2-1-3-9-4-7/h7,9-10H,1-5H2. The summed E-state index contributed by atoms with van der Waals surface area (Å²) >= 11 is 0. The van der Waals surface area contributed by atoms with Gasteiger partial charge in [-0.25, -0.2) is 0 Å². The summed E-state index contributed by atoms with van der Waals surface area (Å²) < 4.78 is 0. The molecule has 0 aromatic carbocycles. The first-order valence-corrected chi connectivity index (χ1v) is 3.76. The number of nitrogens with zero attached hydrogens (tertiary/aromatic N) is 1. The molecule has 0 radical (unpaired) electrons. The fraction of sp³-hybridized carbons (Fsp3) is 0.857. The van der Waals surface area contributed by atoms with E-state index in [1.54, 1.807) is 0 Å². The quantitative estimate of drug-likeness (QED) is 0.420. The Morgan fingerprint density at radius 2 is 2.60 bits per heavy atom. The lowest BCUT2D eigenvalue weighted by Gasteiger charge is -2.21. The van der Waals surface area contributed by atoms with Crippen LogP contribution in [0.4, 0.5) is 0 Å². The highest BCUT2D eigenvalue weighted by molar-refractivity contribution is 4.74. The molecule has 2 N–H and O–H groups in total. The zero-order valence-corrected chi connectivity index (χ0v) is 6.06. The van der Waals surface area contributed by atoms with Crippen LogP contribution >= 0.6 is 0 Å². The minimum absolute atomic E-state index is 0.661. The first-order valence-electron chi connectivity index (χ1n) is 3.76. The van der Waals surface area contributed by atoms with Crippen LogP contribution in [-0.4, -0.2) is 19.6 Å². The van der Waals surface area contributed by atoms with Crippen molar-refractivity contribution in [1.82, 2.24) is 10.6 Å². The van der Waals surface area contributed by atoms with Gasteiger partial charge in [-0.15, -0.1) is 0 Å². The average Bonchev–Trinajstić information content (AvgIpc) is 2.03. The van der Waals surface area contributed by atoms with Gasteiger partial charge >= 0.3 is 0 Å². The van der Waals surface area contributed by atoms with Gasteiger partial charge in [-0.05, 0) is 31.8 Å². The third-order valence-electron chi connectivity index (χ3n) is 1.87. The molecule has 1 heterocycles. The highest BCUT2D eigenvalue weighted by Gasteiger charge is 2.11. The van der Waals surface area contributed by atoms with E-state index in [0.717, 1.165) is 19.6 Å². The van der Waals surface area contributed by atoms with Crippen molar-refractivity contribution in [3.05, 3.63) is 0 Å². The summed E-state index contributed by atoms with van der Waals surface area (Å²) in [6.07, 6.45) is 4.44. The Morgan fingerprint density at radius 3 is 3.20 bits per heavy atom. The third-order valence-corrected chi connectivity index (χ3v) is 1.87. The lowest BCUT2D eigenvalue weighted by Crippen LogP contribution is -2.34. The van der Waals surface area contributed by atoms with Gasteiger partial charge in [-0.3, -0.25) is 0 Å². The summed E-state index contributed by atoms with van der Waals surface area (Å²) in [5.41, 5.74) is 0. The number of rotatable bonds is 2. The maximum Gasteiger partial charge on any atom is 0.176 e. The smallest absolute Gasteiger partial charge is 0.176 e. The molecule has 1 rings (SSSR count). The molecule has 1 saturated heterocycles. The first-order chi connectivity index (χ1) is 4.93. The van der Waals surface area contributed by atoms with Crippen LogP contribution in [0.25, 0.3) is 0 Å². The molecule has 10 heavy (non-hydrogen) atoms. The predicted octanol–water partition coefficient (Wildman–Crippen LogP) is 0.0567. The Hall–Kier alpha value is -0.750. The molecular weight excluding hydrogens is 126 g/mol. The summed E-state index contributed by atoms with van der Waals surface area (Å²) in [5.74, 6) is 0.661. The summed E-state index contributed by atoms with van der Waals surface area (Å²) in [6.45, 7) is 3.04. The highest BCUT2D eigenvalue weighted by atomic mass is 14.9. The van der Waals surface area contributed by atoms with Crippen molar-refractivity contribution in [1.29, 1.82) is 5.26 Å². The maximum atomic E-state index is 8.22. The van der Waals surface area contributed by atoms with Gasteiger partial charge in [0.05, 0.1) is 0 Å². The predicted molar refractivity (Wildman–Crippen MR) is 39.2 cm³/mol. The van der Waals surface area contributed by atoms with E-state index in [9.17, 15) is 0 Å². The van der Waals surface area contributed by atoms with Crippen molar-refractivity contribution >= 4 is 0 Å². The number of hydrogen-bond donors (Lipinski definition) is 2. The minimum atomic E-state index is 0.661. The molecule has 0 spiro atoms. The molecule has 0 aliphatic carbocycles. The lowest BCUT2D eigenvalue weighted by atomic mass is 10.00. The van der Waals surface area contributed by atoms with Gasteiger partial charge < -0.3 is 10.6 Å². The number of piperidine rings is 1. The molecule has 0 amide bonds. The number of nitriles is 1. The molecule has 1 fully saturated rings. The fourth-order valence-electron chi connectivity index (χ4n) is 1.29. The van der Waals surface area contributed by atoms with E-state index in [2.05, 4.69) is 10.6 Å². The lowest BCUT2D eigenvalue weighted by molar-refractivity contribution is 0.374. The van der Waals surface area contributed by atoms with Crippen molar-refractivity contribution in [2.24, 2.45) is 5.92 Å². The van der Waals surface area contributed by atoms with Gasteiger partial charge in [0.25, 0.3) is 0 Å². The molecule has 0 aromatic rings. The third kappa shape index (κ3) is 2.24. The van der Waals surface area contributed by atoms with Crippen LogP contribution in [0.5, 0.6) is 0 Å². The number of nitrogens with one attached hydrogen (secondary N) is 2. The molecule has 56 valence electrons. The Bertz CT molecular complexity index is 121. The minimum Gasteiger partial charge on any atom is -0.324 e. The normalized spacial score (nSPS) is 25.3. The Labute approximate surface area is 61.4 Å². The van der Waals surface area contributed by atoms with Crippen LogP contribution in [0.1, 0.15) is 12.8 Å². The number of hydrogen-bond acceptors (Lipinski definition) is 3. The summed E-state index contributed by atoms with van der Waals surface area (Å²) in [6, 6.07) is 0. The van der Waals surface area contributed by atoms with E-state index in [4.69, 9.17) is 5.26 Å². The van der Waals surface area contributed by atoms with Crippen molar-refractivity contribution in [2.45, 2.75) is 12.8 Å². The van der Waals surface area contributed by atoms with Crippen LogP contribution in [0, 0.1) is 17.4 Å². The van der Waals surface area contributed by atoms with E-state index in [0.29, 0.717) is 5.92 Å². The maximum absolute atomic E-state index is 8.22. The second-order valence-corrected chi connectivity index (χ2v) is 2.71. The summed E-state index contributed by atoms with van der Waals surface area (Å²) in [5, 5.41) is 14.2. The molecule has 0 saturated carbocycles. The van der Waals surface area contributed by atoms with Crippen molar-refractivity contribution < 1.29 is 0 Å². The zero-order valence-electron chi connectivity index (χ0n) is 6.06. The van der Waals surface area contributed by atoms with Gasteiger partial charge in [0.15, 0.2) is 6.19 Å². The van der Waals surface area contributed by atoms with Crippen molar-refractivity contribution in [3.8, 4) is 6.19 Å². The first kappa shape index (κ1) is 7.36. The fourth-order valence-corrected chi connectivity index (χ4v) is 1.29. The van der Waals surface area contributed by atoms with Crippen molar-refractivity contribution in [2.75, 3.05) is 19.6 Å². The van der Waals surface area contributed by atoms with Gasteiger partial charge in [-0.2, -0.15) is 5.26 Å². The van der Waals surface area contributed by atoms with Crippen molar-refractivity contribution in [3.63, 3.8) is 0 Å². The van der Waals surface area contributed by atoms with E-state index in [1.165, 1.54) is 12.8 Å². The van der Waals surface area contributed by atoms with Gasteiger partial charge in [0, 0.05) is 6.54 Å². The Morgan fingerprint density at radius 1 is 1.70 bits per heavy atom. The Kier molecular flexibility index (Phi) is 3.04. The summed E-state index contributed by atoms with van der Waals surface area (Å²) in [7, 11) is 0. The average molecular weight is 139 g/mol. The SMILES string of the molecule is N#CNCC1CCCNC1. The molecule has 3 nitrogen and oxygen atoms in total. The molecule has 0 bridgehead atoms. The Balaban J connectivity index is 2.09. The molecule has 3 heteroatoms. The molecule has 1 unspecified atom stereocenters. The van der Waals surface area contributed by atoms with Gasteiger partial charge in [0.2, 0.25) is 0 Å². The van der Waals surface area contributed by atoms with Crippen LogP contribution in [-0.2, 0) is 0 Å². The molecule has 1 atom stereocenters. The van der Waals surface area contributed by atoms with E-state index >= 15 is 0 Å². The van der Waals surface area contributed by atoms with Gasteiger partial charge in [0.1, 0.15) is 0 Å². The molecular formula is C7H13N3. The van der Waals surface area contributed by atoms with Crippen LogP contribution in [0.3, 0.4) is 0 Å². The second-order valence-electron chi connectivity index (χ2n) is 2.71. The highest BCUT2D eigenvalue weighted by Crippen LogP contribution is 2.07. The van der Waals surface area contributed by atoms with Crippen LogP contribution < -0.4 is 10.6 Å². The van der Waals surface area contributed by atoms with E-state index < -0.39 is 0 Å². The van der Waals surface area contributed by atoms with Crippen LogP contribution in [0.2, 0.25) is 0 Å². The monoisotopic (exact) mass is 139 g/mol. The molecule has 0 aromatic heterocycles. The zero-order chi connectivity index (χ0) is 7.23. The van der Waals surface area contributed by atoms with E-state index in [1.807, 2.05) is 6.19 Å². The van der Waals surface area contributed by atoms with E-state index in [-0.39, 0.29) is 0 Å². The molecule has 1 aliphatic heterocycles. The largest absolute Gasteiger partial charge is 0.324 e. The van der Waals surface area contributed by atoms with Gasteiger partial charge in [-0.1, -0.05) is 0 Å². The topological polar surface area (TPSA) is 47.9 Å². The molecule has 1 aliphatic rings. The van der Waals surface area contributed by atoms with Crippen LogP contribution in [0.15, 0.2) is 0 Å². The summed E-state index contributed by atoms with van der Waals surface area (Å²) in [4.78, 5) is 0. The second kappa shape index (κ2) is 4.13.